The van der Waals surface area contributed by atoms with Crippen LogP contribution < -0.4 is 4.90 Å². The Morgan fingerprint density at radius 3 is 2.40 bits per heavy atom. The summed E-state index contributed by atoms with van der Waals surface area (Å²) >= 11 is 0. The van der Waals surface area contributed by atoms with E-state index >= 15 is 0 Å². The Hall–Kier alpha value is -2.77. The molecule has 0 fully saturated rings. The Labute approximate surface area is 147 Å². The predicted molar refractivity (Wildman–Crippen MR) is 98.1 cm³/mol. The van der Waals surface area contributed by atoms with Crippen molar-refractivity contribution in [2.75, 3.05) is 18.0 Å². The molecule has 1 aromatic heterocycles. The molecule has 2 rings (SSSR count). The molecule has 134 valence electrons. The Bertz CT molecular complexity index is 715. The summed E-state index contributed by atoms with van der Waals surface area (Å²) in [5.74, 6) is 1.25. The van der Waals surface area contributed by atoms with E-state index in [1.165, 1.54) is 0 Å². The summed E-state index contributed by atoms with van der Waals surface area (Å²) < 4.78 is 0. The molecule has 8 heteroatoms. The lowest BCUT2D eigenvalue weighted by molar-refractivity contribution is -0.384. The van der Waals surface area contributed by atoms with Crippen molar-refractivity contribution in [3.8, 4) is 0 Å². The molecule has 0 aliphatic rings. The molecule has 0 aliphatic heterocycles. The normalized spacial score (nSPS) is 11.6. The van der Waals surface area contributed by atoms with Gasteiger partial charge in [0.15, 0.2) is 5.82 Å². The maximum absolute atomic E-state index is 11.6. The van der Waals surface area contributed by atoms with Crippen molar-refractivity contribution in [1.29, 1.82) is 0 Å². The number of benzene rings is 1. The number of nitrogens with zero attached hydrogens (tertiary/aromatic N) is 5. The van der Waals surface area contributed by atoms with Crippen molar-refractivity contribution in [3.63, 3.8) is 0 Å². The molecule has 1 aromatic carbocycles. The number of hydrogen-bond acceptors (Lipinski definition) is 6. The summed E-state index contributed by atoms with van der Waals surface area (Å²) in [6.45, 7) is 10.00. The lowest BCUT2D eigenvalue weighted by atomic mass is 10.1. The summed E-state index contributed by atoms with van der Waals surface area (Å²) in [6, 6.07) is 5.27. The van der Waals surface area contributed by atoms with E-state index in [-0.39, 0.29) is 10.6 Å². The predicted octanol–water partition coefficient (Wildman–Crippen LogP) is 3.40. The Kier molecular flexibility index (Phi) is 6.21. The first kappa shape index (κ1) is 18.6. The third kappa shape index (κ3) is 5.37. The fraction of sp³-hybridized carbons (Fsp3) is 0.471. The molecular formula is C17H24N6O2. The van der Waals surface area contributed by atoms with Crippen LogP contribution in [0.25, 0.3) is 12.2 Å². The van der Waals surface area contributed by atoms with E-state index < -0.39 is 0 Å². The van der Waals surface area contributed by atoms with Crippen LogP contribution in [0.15, 0.2) is 18.2 Å². The van der Waals surface area contributed by atoms with Gasteiger partial charge in [0.05, 0.1) is 4.92 Å². The molecule has 0 saturated carbocycles. The molecule has 0 bridgehead atoms. The number of aromatic amines is 1. The van der Waals surface area contributed by atoms with Crippen LogP contribution in [0.5, 0.6) is 0 Å². The molecule has 0 unspecified atom stereocenters. The standard InChI is InChI=1S/C17H24N6O2/c1-12(2)10-22(11-13(3)4)15-7-5-14(9-16(15)23(24)25)6-8-17-18-20-21-19-17/h5-9,12-13H,10-11H2,1-4H3,(H,18,19,20,21). The molecule has 0 spiro atoms. The third-order valence-corrected chi connectivity index (χ3v) is 3.49. The van der Waals surface area contributed by atoms with E-state index in [1.54, 1.807) is 18.2 Å². The van der Waals surface area contributed by atoms with E-state index in [9.17, 15) is 10.1 Å². The minimum atomic E-state index is -0.325. The first-order valence-electron chi connectivity index (χ1n) is 8.31. The zero-order chi connectivity index (χ0) is 18.4. The summed E-state index contributed by atoms with van der Waals surface area (Å²) in [6.07, 6.45) is 3.39. The fourth-order valence-corrected chi connectivity index (χ4v) is 2.62. The number of nitro benzene ring substituents is 1. The SMILES string of the molecule is CC(C)CN(CC(C)C)c1ccc(C=Cc2nn[nH]n2)cc1[N+](=O)[O-]. The number of H-pyrrole nitrogens is 1. The van der Waals surface area contributed by atoms with Gasteiger partial charge in [-0.15, -0.1) is 10.2 Å². The van der Waals surface area contributed by atoms with E-state index in [1.807, 2.05) is 12.1 Å². The second-order valence-electron chi connectivity index (χ2n) is 6.80. The maximum atomic E-state index is 11.6. The van der Waals surface area contributed by atoms with Crippen LogP contribution in [-0.4, -0.2) is 38.6 Å². The zero-order valence-corrected chi connectivity index (χ0v) is 15.0. The first-order chi connectivity index (χ1) is 11.9. The van der Waals surface area contributed by atoms with Crippen LogP contribution in [0.2, 0.25) is 0 Å². The van der Waals surface area contributed by atoms with Crippen molar-refractivity contribution >= 4 is 23.5 Å². The van der Waals surface area contributed by atoms with E-state index in [0.29, 0.717) is 28.9 Å². The van der Waals surface area contributed by atoms with Gasteiger partial charge in [0.2, 0.25) is 0 Å². The average molecular weight is 344 g/mol. The highest BCUT2D eigenvalue weighted by Gasteiger charge is 2.21. The zero-order valence-electron chi connectivity index (χ0n) is 15.0. The van der Waals surface area contributed by atoms with Gasteiger partial charge < -0.3 is 4.90 Å². The molecule has 0 aliphatic carbocycles. The largest absolute Gasteiger partial charge is 0.365 e. The Morgan fingerprint density at radius 1 is 1.20 bits per heavy atom. The van der Waals surface area contributed by atoms with Crippen molar-refractivity contribution < 1.29 is 4.92 Å². The number of aromatic nitrogens is 4. The second-order valence-corrected chi connectivity index (χ2v) is 6.80. The number of anilines is 1. The highest BCUT2D eigenvalue weighted by Crippen LogP contribution is 2.31. The van der Waals surface area contributed by atoms with Gasteiger partial charge in [0, 0.05) is 19.2 Å². The Morgan fingerprint density at radius 2 is 1.88 bits per heavy atom. The van der Waals surface area contributed by atoms with Crippen LogP contribution in [0.1, 0.15) is 39.1 Å². The average Bonchev–Trinajstić information content (AvgIpc) is 3.04. The number of rotatable bonds is 8. The van der Waals surface area contributed by atoms with Crippen LogP contribution in [0, 0.1) is 22.0 Å². The minimum absolute atomic E-state index is 0.108. The van der Waals surface area contributed by atoms with E-state index in [4.69, 9.17) is 0 Å². The number of tetrazole rings is 1. The molecular weight excluding hydrogens is 320 g/mol. The van der Waals surface area contributed by atoms with Crippen molar-refractivity contribution in [1.82, 2.24) is 20.6 Å². The molecule has 8 nitrogen and oxygen atoms in total. The van der Waals surface area contributed by atoms with Crippen LogP contribution in [0.4, 0.5) is 11.4 Å². The molecule has 1 heterocycles. The lowest BCUT2D eigenvalue weighted by Crippen LogP contribution is -2.31. The fourth-order valence-electron chi connectivity index (χ4n) is 2.62. The third-order valence-electron chi connectivity index (χ3n) is 3.49. The minimum Gasteiger partial charge on any atom is -0.365 e. The molecule has 0 amide bonds. The smallest absolute Gasteiger partial charge is 0.293 e. The van der Waals surface area contributed by atoms with Gasteiger partial charge >= 0.3 is 0 Å². The van der Waals surface area contributed by atoms with Gasteiger partial charge in [0.1, 0.15) is 5.69 Å². The summed E-state index contributed by atoms with van der Waals surface area (Å²) in [5, 5.41) is 25.1. The van der Waals surface area contributed by atoms with Gasteiger partial charge in [-0.1, -0.05) is 39.8 Å². The lowest BCUT2D eigenvalue weighted by Gasteiger charge is -2.28. The Balaban J connectivity index is 2.35. The van der Waals surface area contributed by atoms with E-state index in [2.05, 4.69) is 53.2 Å². The highest BCUT2D eigenvalue weighted by molar-refractivity contribution is 5.73. The summed E-state index contributed by atoms with van der Waals surface area (Å²) in [4.78, 5) is 13.4. The molecule has 0 atom stereocenters. The molecule has 0 radical (unpaired) electrons. The molecule has 0 saturated heterocycles. The monoisotopic (exact) mass is 344 g/mol. The molecule has 1 N–H and O–H groups in total. The van der Waals surface area contributed by atoms with Crippen LogP contribution in [0.3, 0.4) is 0 Å². The summed E-state index contributed by atoms with van der Waals surface area (Å²) in [5.41, 5.74) is 1.48. The summed E-state index contributed by atoms with van der Waals surface area (Å²) in [7, 11) is 0. The molecule has 2 aromatic rings. The van der Waals surface area contributed by atoms with Crippen molar-refractivity contribution in [2.24, 2.45) is 11.8 Å². The highest BCUT2D eigenvalue weighted by atomic mass is 16.6. The topological polar surface area (TPSA) is 101 Å². The van der Waals surface area contributed by atoms with Gasteiger partial charge in [-0.2, -0.15) is 5.21 Å². The quantitative estimate of drug-likeness (QED) is 0.582. The van der Waals surface area contributed by atoms with Gasteiger partial charge in [-0.25, -0.2) is 0 Å². The maximum Gasteiger partial charge on any atom is 0.293 e. The first-order valence-corrected chi connectivity index (χ1v) is 8.31. The van der Waals surface area contributed by atoms with E-state index in [0.717, 1.165) is 13.1 Å². The van der Waals surface area contributed by atoms with Crippen LogP contribution >= 0.6 is 0 Å². The van der Waals surface area contributed by atoms with Crippen molar-refractivity contribution in [2.45, 2.75) is 27.7 Å². The number of hydrogen-bond donors (Lipinski definition) is 1. The van der Waals surface area contributed by atoms with Gasteiger partial charge in [-0.3, -0.25) is 10.1 Å². The number of nitro groups is 1. The number of nitrogens with one attached hydrogen (secondary N) is 1. The van der Waals surface area contributed by atoms with Crippen LogP contribution in [-0.2, 0) is 0 Å². The van der Waals surface area contributed by atoms with Crippen molar-refractivity contribution in [3.05, 3.63) is 39.7 Å². The van der Waals surface area contributed by atoms with Gasteiger partial charge in [-0.05, 0) is 34.8 Å². The second kappa shape index (κ2) is 8.36. The molecule has 25 heavy (non-hydrogen) atoms. The van der Waals surface area contributed by atoms with Gasteiger partial charge in [0.25, 0.3) is 5.69 Å².